The predicted molar refractivity (Wildman–Crippen MR) is 93.3 cm³/mol. The molecule has 5 nitrogen and oxygen atoms in total. The Hall–Kier alpha value is -0.940. The fourth-order valence-corrected chi connectivity index (χ4v) is 3.09. The van der Waals surface area contributed by atoms with E-state index in [1.54, 1.807) is 0 Å². The van der Waals surface area contributed by atoms with Crippen molar-refractivity contribution >= 4 is 28.9 Å². The van der Waals surface area contributed by atoms with Gasteiger partial charge in [-0.1, -0.05) is 56.5 Å². The van der Waals surface area contributed by atoms with Crippen LogP contribution in [0.1, 0.15) is 77.0 Å². The molecule has 128 valence electrons. The SMILES string of the molecule is Clc1nc(Cl)nc(ON=C2CCCCCCCCCCCC2)n1. The van der Waals surface area contributed by atoms with E-state index in [4.69, 9.17) is 28.0 Å². The van der Waals surface area contributed by atoms with Crippen LogP contribution in [0.25, 0.3) is 0 Å². The highest BCUT2D eigenvalue weighted by Crippen LogP contribution is 2.17. The monoisotopic (exact) mass is 358 g/mol. The Bertz CT molecular complexity index is 475. The van der Waals surface area contributed by atoms with Gasteiger partial charge in [0.25, 0.3) is 0 Å². The molecule has 23 heavy (non-hydrogen) atoms. The summed E-state index contributed by atoms with van der Waals surface area (Å²) >= 11 is 11.5. The summed E-state index contributed by atoms with van der Waals surface area (Å²) in [5.74, 6) is 0. The first-order chi connectivity index (χ1) is 11.2. The molecule has 0 bridgehead atoms. The smallest absolute Gasteiger partial charge is 0.315 e. The number of hydrogen-bond acceptors (Lipinski definition) is 5. The van der Waals surface area contributed by atoms with Crippen LogP contribution in [0.15, 0.2) is 5.16 Å². The number of hydrogen-bond donors (Lipinski definition) is 0. The number of aromatic nitrogens is 3. The number of rotatable bonds is 2. The Morgan fingerprint density at radius 1 is 0.652 bits per heavy atom. The largest absolute Gasteiger partial charge is 0.351 e. The van der Waals surface area contributed by atoms with E-state index in [0.29, 0.717) is 0 Å². The van der Waals surface area contributed by atoms with Crippen molar-refractivity contribution in [2.24, 2.45) is 5.16 Å². The maximum Gasteiger partial charge on any atom is 0.351 e. The Labute approximate surface area is 147 Å². The molecule has 7 heteroatoms. The summed E-state index contributed by atoms with van der Waals surface area (Å²) in [7, 11) is 0. The highest BCUT2D eigenvalue weighted by atomic mass is 35.5. The minimum absolute atomic E-state index is 0.00939. The third-order valence-corrected chi connectivity index (χ3v) is 4.34. The van der Waals surface area contributed by atoms with Crippen molar-refractivity contribution in [3.05, 3.63) is 10.6 Å². The van der Waals surface area contributed by atoms with Gasteiger partial charge in [-0.2, -0.15) is 15.0 Å². The zero-order valence-corrected chi connectivity index (χ0v) is 15.0. The molecule has 1 aliphatic carbocycles. The lowest BCUT2D eigenvalue weighted by Gasteiger charge is -2.06. The van der Waals surface area contributed by atoms with Gasteiger partial charge in [-0.15, -0.1) is 0 Å². The van der Waals surface area contributed by atoms with Crippen LogP contribution in [0, 0.1) is 0 Å². The van der Waals surface area contributed by atoms with Gasteiger partial charge in [-0.05, 0) is 48.9 Å². The Kier molecular flexibility index (Phi) is 8.61. The minimum atomic E-state index is 0.00939. The van der Waals surface area contributed by atoms with Crippen molar-refractivity contribution < 1.29 is 4.84 Å². The molecule has 1 aromatic rings. The zero-order valence-electron chi connectivity index (χ0n) is 13.4. The van der Waals surface area contributed by atoms with Gasteiger partial charge in [0.1, 0.15) is 0 Å². The number of halogens is 2. The average molecular weight is 359 g/mol. The van der Waals surface area contributed by atoms with Crippen LogP contribution >= 0.6 is 23.2 Å². The predicted octanol–water partition coefficient (Wildman–Crippen LogP) is 5.61. The molecular weight excluding hydrogens is 335 g/mol. The van der Waals surface area contributed by atoms with E-state index >= 15 is 0 Å². The molecule has 2 rings (SSSR count). The fraction of sp³-hybridized carbons (Fsp3) is 0.750. The number of nitrogens with zero attached hydrogens (tertiary/aromatic N) is 4. The first-order valence-corrected chi connectivity index (χ1v) is 9.29. The van der Waals surface area contributed by atoms with E-state index < -0.39 is 0 Å². The van der Waals surface area contributed by atoms with E-state index in [1.165, 1.54) is 51.4 Å². The summed E-state index contributed by atoms with van der Waals surface area (Å²) in [5.41, 5.74) is 1.07. The van der Waals surface area contributed by atoms with Crippen molar-refractivity contribution in [2.75, 3.05) is 0 Å². The summed E-state index contributed by atoms with van der Waals surface area (Å²) in [4.78, 5) is 16.7. The molecular formula is C16H24Cl2N4O. The minimum Gasteiger partial charge on any atom is -0.315 e. The van der Waals surface area contributed by atoms with Crippen molar-refractivity contribution in [1.82, 2.24) is 15.0 Å². The first-order valence-electron chi connectivity index (χ1n) is 8.54. The molecule has 1 saturated carbocycles. The van der Waals surface area contributed by atoms with Gasteiger partial charge in [-0.3, -0.25) is 0 Å². The van der Waals surface area contributed by atoms with Gasteiger partial charge < -0.3 is 4.84 Å². The Morgan fingerprint density at radius 3 is 1.57 bits per heavy atom. The molecule has 1 heterocycles. The van der Waals surface area contributed by atoms with Crippen molar-refractivity contribution in [1.29, 1.82) is 0 Å². The van der Waals surface area contributed by atoms with E-state index in [-0.39, 0.29) is 16.6 Å². The lowest BCUT2D eigenvalue weighted by molar-refractivity contribution is 0.308. The Balaban J connectivity index is 1.91. The van der Waals surface area contributed by atoms with Crippen LogP contribution in [0.2, 0.25) is 10.6 Å². The molecule has 0 atom stereocenters. The van der Waals surface area contributed by atoms with E-state index in [1.807, 2.05) is 0 Å². The molecule has 0 radical (unpaired) electrons. The van der Waals surface area contributed by atoms with Gasteiger partial charge in [0.15, 0.2) is 0 Å². The van der Waals surface area contributed by atoms with Crippen molar-refractivity contribution in [3.63, 3.8) is 0 Å². The second-order valence-corrected chi connectivity index (χ2v) is 6.62. The first kappa shape index (κ1) is 18.4. The summed E-state index contributed by atoms with van der Waals surface area (Å²) in [6.07, 6.45) is 14.8. The molecule has 0 saturated heterocycles. The van der Waals surface area contributed by atoms with Crippen molar-refractivity contribution in [2.45, 2.75) is 77.0 Å². The molecule has 0 amide bonds. The van der Waals surface area contributed by atoms with Gasteiger partial charge in [0.05, 0.1) is 5.71 Å². The Morgan fingerprint density at radius 2 is 1.09 bits per heavy atom. The summed E-state index contributed by atoms with van der Waals surface area (Å²) in [5, 5.41) is 4.25. The maximum absolute atomic E-state index is 5.73. The molecule has 0 aromatic carbocycles. The fourth-order valence-electron chi connectivity index (χ4n) is 2.74. The summed E-state index contributed by atoms with van der Waals surface area (Å²) in [6.45, 7) is 0. The topological polar surface area (TPSA) is 60.3 Å². The second-order valence-electron chi connectivity index (χ2n) is 5.94. The molecule has 0 spiro atoms. The highest BCUT2D eigenvalue weighted by molar-refractivity contribution is 6.31. The normalized spacial score (nSPS) is 18.4. The molecule has 1 fully saturated rings. The molecule has 0 N–H and O–H groups in total. The van der Waals surface area contributed by atoms with Crippen LogP contribution in [0.3, 0.4) is 0 Å². The second kappa shape index (κ2) is 10.8. The van der Waals surface area contributed by atoms with Crippen LogP contribution in [0.4, 0.5) is 0 Å². The van der Waals surface area contributed by atoms with Crippen LogP contribution in [0.5, 0.6) is 6.01 Å². The van der Waals surface area contributed by atoms with E-state index in [9.17, 15) is 0 Å². The van der Waals surface area contributed by atoms with Gasteiger partial charge in [-0.25, -0.2) is 0 Å². The van der Waals surface area contributed by atoms with E-state index in [0.717, 1.165) is 31.4 Å². The number of oxime groups is 1. The lowest BCUT2D eigenvalue weighted by atomic mass is 10.0. The van der Waals surface area contributed by atoms with Crippen LogP contribution in [-0.2, 0) is 0 Å². The summed E-state index contributed by atoms with van der Waals surface area (Å²) in [6, 6.07) is 0.0467. The molecule has 1 aromatic heterocycles. The van der Waals surface area contributed by atoms with E-state index in [2.05, 4.69) is 20.1 Å². The molecule has 0 unspecified atom stereocenters. The molecule has 0 aliphatic heterocycles. The third-order valence-electron chi connectivity index (χ3n) is 4.00. The third kappa shape index (κ3) is 7.93. The lowest BCUT2D eigenvalue weighted by Crippen LogP contribution is -2.03. The van der Waals surface area contributed by atoms with Crippen molar-refractivity contribution in [3.8, 4) is 6.01 Å². The highest BCUT2D eigenvalue weighted by Gasteiger charge is 2.07. The van der Waals surface area contributed by atoms with Gasteiger partial charge in [0, 0.05) is 0 Å². The quantitative estimate of drug-likeness (QED) is 0.644. The van der Waals surface area contributed by atoms with Gasteiger partial charge >= 0.3 is 6.01 Å². The standard InChI is InChI=1S/C16H24Cl2N4O/c17-14-19-15(18)21-16(20-14)23-22-13-11-9-7-5-3-1-2-4-6-8-10-12-13/h1-12H2. The van der Waals surface area contributed by atoms with Crippen LogP contribution in [-0.4, -0.2) is 20.7 Å². The average Bonchev–Trinajstić information content (AvgIpc) is 2.53. The molecule has 1 aliphatic rings. The van der Waals surface area contributed by atoms with Gasteiger partial charge in [0.2, 0.25) is 10.6 Å². The zero-order chi connectivity index (χ0) is 16.3. The summed E-state index contributed by atoms with van der Waals surface area (Å²) < 4.78 is 0. The van der Waals surface area contributed by atoms with Crippen LogP contribution < -0.4 is 4.84 Å². The maximum atomic E-state index is 5.73.